The fourth-order valence-corrected chi connectivity index (χ4v) is 7.74. The van der Waals surface area contributed by atoms with E-state index in [9.17, 15) is 10.1 Å². The maximum atomic E-state index is 12.7. The third kappa shape index (κ3) is 6.00. The molecule has 0 aliphatic carbocycles. The van der Waals surface area contributed by atoms with E-state index in [2.05, 4.69) is 28.1 Å². The topological polar surface area (TPSA) is 131 Å². The second-order valence-corrected chi connectivity index (χ2v) is 14.7. The number of anilines is 3. The molecular formula is C35H46N8O4. The first-order chi connectivity index (χ1) is 22.5. The van der Waals surface area contributed by atoms with E-state index in [0.29, 0.717) is 24.7 Å². The molecule has 3 saturated heterocycles. The number of piperidine rings is 1. The SMILES string of the molecule is C[C@@H]1OCC2(CCN(c3cnc4c(N5CC[C@H](C)c6cc(C#N)ccc65)nn(C5CCCCO5)c4n3)CC2)[C@@H]1NC(=O)OC(C)(C)C. The Hall–Kier alpha value is -3.95. The molecule has 12 nitrogen and oxygen atoms in total. The van der Waals surface area contributed by atoms with Gasteiger partial charge in [0.25, 0.3) is 0 Å². The van der Waals surface area contributed by atoms with Crippen LogP contribution in [0.5, 0.6) is 0 Å². The second-order valence-electron chi connectivity index (χ2n) is 14.7. The van der Waals surface area contributed by atoms with Crippen molar-refractivity contribution in [3.05, 3.63) is 35.5 Å². The Bertz CT molecular complexity index is 1680. The number of benzene rings is 1. The first-order valence-electron chi connectivity index (χ1n) is 17.1. The molecule has 0 bridgehead atoms. The number of alkyl carbamates (subject to hydrolysis) is 1. The zero-order chi connectivity index (χ0) is 32.9. The molecule has 3 aromatic rings. The van der Waals surface area contributed by atoms with E-state index < -0.39 is 11.7 Å². The van der Waals surface area contributed by atoms with Gasteiger partial charge in [-0.15, -0.1) is 5.10 Å². The van der Waals surface area contributed by atoms with Crippen molar-refractivity contribution in [3.8, 4) is 6.07 Å². The van der Waals surface area contributed by atoms with Crippen LogP contribution in [0, 0.1) is 16.7 Å². The number of amides is 1. The van der Waals surface area contributed by atoms with Gasteiger partial charge < -0.3 is 29.3 Å². The van der Waals surface area contributed by atoms with Gasteiger partial charge in [-0.2, -0.15) is 5.26 Å². The number of fused-ring (bicyclic) bond motifs is 2. The highest BCUT2D eigenvalue weighted by molar-refractivity contribution is 5.88. The molecule has 1 aromatic carbocycles. The average Bonchev–Trinajstić information content (AvgIpc) is 3.58. The smallest absolute Gasteiger partial charge is 0.407 e. The lowest BCUT2D eigenvalue weighted by Gasteiger charge is -2.42. The number of hydrogen-bond acceptors (Lipinski definition) is 10. The fourth-order valence-electron chi connectivity index (χ4n) is 7.74. The highest BCUT2D eigenvalue weighted by Crippen LogP contribution is 2.44. The summed E-state index contributed by atoms with van der Waals surface area (Å²) in [6.07, 6.45) is 6.81. The summed E-state index contributed by atoms with van der Waals surface area (Å²) in [5.41, 5.74) is 3.63. The van der Waals surface area contributed by atoms with Crippen molar-refractivity contribution in [1.29, 1.82) is 5.26 Å². The van der Waals surface area contributed by atoms with Gasteiger partial charge in [-0.3, -0.25) is 0 Å². The predicted molar refractivity (Wildman–Crippen MR) is 178 cm³/mol. The standard InChI is InChI=1S/C35H46N8O4/c1-22-11-14-42(26-10-9-24(19-36)18-25(22)26)32-29-31(43(40-32)28-8-6-7-17-45-28)38-27(20-37-29)41-15-12-35(13-16-41)21-46-23(2)30(35)39-33(44)47-34(3,4)5/h9-10,18,20,22-23,28,30H,6-8,11-17,21H2,1-5H3,(H,39,44)/t22-,23-,28?,30+/m0/s1. The van der Waals surface area contributed by atoms with Crippen molar-refractivity contribution in [1.82, 2.24) is 25.1 Å². The van der Waals surface area contributed by atoms with E-state index in [1.807, 2.05) is 56.8 Å². The van der Waals surface area contributed by atoms with Crippen LogP contribution in [-0.4, -0.2) is 76.4 Å². The van der Waals surface area contributed by atoms with E-state index in [0.717, 1.165) is 92.2 Å². The maximum absolute atomic E-state index is 12.7. The third-order valence-electron chi connectivity index (χ3n) is 10.3. The molecule has 0 radical (unpaired) electrons. The van der Waals surface area contributed by atoms with Gasteiger partial charge in [-0.25, -0.2) is 19.4 Å². The Morgan fingerprint density at radius 1 is 1.13 bits per heavy atom. The van der Waals surface area contributed by atoms with Crippen LogP contribution in [0.2, 0.25) is 0 Å². The van der Waals surface area contributed by atoms with Gasteiger partial charge in [0, 0.05) is 37.3 Å². The Balaban J connectivity index is 1.17. The van der Waals surface area contributed by atoms with Crippen LogP contribution in [0.3, 0.4) is 0 Å². The number of aromatic nitrogens is 4. The van der Waals surface area contributed by atoms with Crippen LogP contribution in [0.25, 0.3) is 11.2 Å². The minimum atomic E-state index is -0.563. The van der Waals surface area contributed by atoms with Gasteiger partial charge >= 0.3 is 6.09 Å². The first-order valence-corrected chi connectivity index (χ1v) is 17.1. The number of rotatable bonds is 4. The van der Waals surface area contributed by atoms with Crippen LogP contribution < -0.4 is 15.1 Å². The zero-order valence-corrected chi connectivity index (χ0v) is 28.2. The summed E-state index contributed by atoms with van der Waals surface area (Å²) in [6.45, 7) is 13.5. The quantitative estimate of drug-likeness (QED) is 0.365. The maximum Gasteiger partial charge on any atom is 0.407 e. The average molecular weight is 643 g/mol. The van der Waals surface area contributed by atoms with Crippen molar-refractivity contribution in [3.63, 3.8) is 0 Å². The van der Waals surface area contributed by atoms with Crippen LogP contribution >= 0.6 is 0 Å². The van der Waals surface area contributed by atoms with E-state index in [1.165, 1.54) is 0 Å². The second kappa shape index (κ2) is 12.3. The molecule has 3 fully saturated rings. The summed E-state index contributed by atoms with van der Waals surface area (Å²) in [5.74, 6) is 1.93. The molecule has 250 valence electrons. The van der Waals surface area contributed by atoms with E-state index in [1.54, 1.807) is 0 Å². The van der Waals surface area contributed by atoms with Crippen molar-refractivity contribution < 1.29 is 19.0 Å². The Morgan fingerprint density at radius 2 is 1.94 bits per heavy atom. The fraction of sp³-hybridized carbons (Fsp3) is 0.629. The van der Waals surface area contributed by atoms with Crippen LogP contribution in [0.15, 0.2) is 24.4 Å². The molecular weight excluding hydrogens is 596 g/mol. The van der Waals surface area contributed by atoms with Gasteiger partial charge in [-0.05, 0) is 95.9 Å². The number of nitrogens with one attached hydrogen (secondary N) is 1. The van der Waals surface area contributed by atoms with Crippen LogP contribution in [0.1, 0.15) is 96.4 Å². The van der Waals surface area contributed by atoms with Crippen molar-refractivity contribution in [2.24, 2.45) is 5.41 Å². The zero-order valence-electron chi connectivity index (χ0n) is 28.2. The van der Waals surface area contributed by atoms with Gasteiger partial charge in [-0.1, -0.05) is 6.92 Å². The largest absolute Gasteiger partial charge is 0.444 e. The summed E-state index contributed by atoms with van der Waals surface area (Å²) in [7, 11) is 0. The highest BCUT2D eigenvalue weighted by Gasteiger charge is 2.50. The lowest BCUT2D eigenvalue weighted by atomic mass is 9.73. The lowest BCUT2D eigenvalue weighted by Crippen LogP contribution is -2.55. The van der Waals surface area contributed by atoms with Crippen molar-refractivity contribution >= 4 is 34.6 Å². The number of carbonyl (C=O) groups is 1. The highest BCUT2D eigenvalue weighted by atomic mass is 16.6. The van der Waals surface area contributed by atoms with Crippen LogP contribution in [0.4, 0.5) is 22.1 Å². The van der Waals surface area contributed by atoms with Gasteiger partial charge in [0.15, 0.2) is 23.2 Å². The van der Waals surface area contributed by atoms with Crippen molar-refractivity contribution in [2.75, 3.05) is 42.6 Å². The number of hydrogen-bond donors (Lipinski definition) is 1. The first kappa shape index (κ1) is 31.6. The summed E-state index contributed by atoms with van der Waals surface area (Å²) in [5, 5.41) is 17.8. The summed E-state index contributed by atoms with van der Waals surface area (Å²) >= 11 is 0. The Labute approximate surface area is 276 Å². The third-order valence-corrected chi connectivity index (χ3v) is 10.3. The van der Waals surface area contributed by atoms with Gasteiger partial charge in [0.1, 0.15) is 11.4 Å². The van der Waals surface area contributed by atoms with Gasteiger partial charge in [0.05, 0.1) is 36.6 Å². The molecule has 6 heterocycles. The summed E-state index contributed by atoms with van der Waals surface area (Å²) in [4.78, 5) is 27.5. The van der Waals surface area contributed by atoms with Crippen molar-refractivity contribution in [2.45, 2.75) is 103 Å². The molecule has 4 atom stereocenters. The monoisotopic (exact) mass is 642 g/mol. The van der Waals surface area contributed by atoms with Gasteiger partial charge in [0.2, 0.25) is 0 Å². The Morgan fingerprint density at radius 3 is 2.66 bits per heavy atom. The van der Waals surface area contributed by atoms with E-state index in [4.69, 9.17) is 29.3 Å². The molecule has 4 aliphatic heterocycles. The van der Waals surface area contributed by atoms with Crippen LogP contribution in [-0.2, 0) is 14.2 Å². The molecule has 1 amide bonds. The molecule has 1 spiro atoms. The normalized spacial score (nSPS) is 25.9. The molecule has 47 heavy (non-hydrogen) atoms. The molecule has 1 N–H and O–H groups in total. The van der Waals surface area contributed by atoms with E-state index in [-0.39, 0.29) is 23.8 Å². The number of nitriles is 1. The molecule has 2 aromatic heterocycles. The molecule has 12 heteroatoms. The number of ether oxygens (including phenoxy) is 3. The Kier molecular flexibility index (Phi) is 8.25. The summed E-state index contributed by atoms with van der Waals surface area (Å²) < 4.78 is 19.9. The lowest BCUT2D eigenvalue weighted by molar-refractivity contribution is -0.0368. The molecule has 0 saturated carbocycles. The molecule has 7 rings (SSSR count). The molecule has 1 unspecified atom stereocenters. The minimum Gasteiger partial charge on any atom is -0.444 e. The van der Waals surface area contributed by atoms with E-state index >= 15 is 0 Å². The number of carbonyl (C=O) groups excluding carboxylic acids is 1. The minimum absolute atomic E-state index is 0.0946. The predicted octanol–water partition coefficient (Wildman–Crippen LogP) is 5.94. The molecule has 4 aliphatic rings. The number of nitrogens with zero attached hydrogens (tertiary/aromatic N) is 7. The summed E-state index contributed by atoms with van der Waals surface area (Å²) in [6, 6.07) is 8.09.